The molecule has 1 N–H and O–H groups in total. The first kappa shape index (κ1) is 14.6. The van der Waals surface area contributed by atoms with Crippen LogP contribution < -0.4 is 4.90 Å². The SMILES string of the molecule is Cc1cc(C)cc(-c2cc(C)cc(N3CC(C(=O)O)C3)c2)c1. The number of carboxylic acids is 1. The molecule has 1 saturated heterocycles. The maximum absolute atomic E-state index is 11.0. The number of carboxylic acid groups (broad SMARTS) is 1. The zero-order valence-electron chi connectivity index (χ0n) is 13.3. The molecule has 0 aromatic heterocycles. The van der Waals surface area contributed by atoms with Crippen molar-refractivity contribution in [3.8, 4) is 11.1 Å². The fourth-order valence-corrected chi connectivity index (χ4v) is 3.10. The van der Waals surface area contributed by atoms with Gasteiger partial charge in [-0.25, -0.2) is 0 Å². The molecule has 3 heteroatoms. The number of nitrogens with zero attached hydrogens (tertiary/aromatic N) is 1. The number of aliphatic carboxylic acids is 1. The van der Waals surface area contributed by atoms with Gasteiger partial charge in [-0.3, -0.25) is 4.79 Å². The van der Waals surface area contributed by atoms with Gasteiger partial charge in [0.05, 0.1) is 5.92 Å². The van der Waals surface area contributed by atoms with Crippen molar-refractivity contribution in [2.45, 2.75) is 20.8 Å². The van der Waals surface area contributed by atoms with Gasteiger partial charge in [0.25, 0.3) is 0 Å². The fourth-order valence-electron chi connectivity index (χ4n) is 3.10. The molecule has 1 aliphatic rings. The maximum atomic E-state index is 11.0. The van der Waals surface area contributed by atoms with Crippen LogP contribution in [0.2, 0.25) is 0 Å². The smallest absolute Gasteiger partial charge is 0.310 e. The van der Waals surface area contributed by atoms with Gasteiger partial charge < -0.3 is 10.0 Å². The molecule has 0 unspecified atom stereocenters. The predicted molar refractivity (Wildman–Crippen MR) is 89.4 cm³/mol. The second-order valence-corrected chi connectivity index (χ2v) is 6.37. The van der Waals surface area contributed by atoms with E-state index in [9.17, 15) is 4.79 Å². The van der Waals surface area contributed by atoms with E-state index in [0.717, 1.165) is 5.69 Å². The van der Waals surface area contributed by atoms with Gasteiger partial charge in [0.2, 0.25) is 0 Å². The van der Waals surface area contributed by atoms with E-state index >= 15 is 0 Å². The van der Waals surface area contributed by atoms with Gasteiger partial charge in [-0.15, -0.1) is 0 Å². The Balaban J connectivity index is 1.92. The zero-order chi connectivity index (χ0) is 15.9. The molecule has 2 aromatic carbocycles. The van der Waals surface area contributed by atoms with E-state index in [1.54, 1.807) is 0 Å². The monoisotopic (exact) mass is 295 g/mol. The highest BCUT2D eigenvalue weighted by Gasteiger charge is 2.32. The summed E-state index contributed by atoms with van der Waals surface area (Å²) >= 11 is 0. The van der Waals surface area contributed by atoms with E-state index < -0.39 is 5.97 Å². The van der Waals surface area contributed by atoms with Gasteiger partial charge in [-0.2, -0.15) is 0 Å². The molecule has 0 atom stereocenters. The molecule has 1 heterocycles. The number of anilines is 1. The second-order valence-electron chi connectivity index (χ2n) is 6.37. The van der Waals surface area contributed by atoms with Crippen molar-refractivity contribution in [1.29, 1.82) is 0 Å². The Hall–Kier alpha value is -2.29. The van der Waals surface area contributed by atoms with Gasteiger partial charge in [0.1, 0.15) is 0 Å². The van der Waals surface area contributed by atoms with Gasteiger partial charge >= 0.3 is 5.97 Å². The largest absolute Gasteiger partial charge is 0.481 e. The van der Waals surface area contributed by atoms with E-state index in [-0.39, 0.29) is 5.92 Å². The molecule has 0 bridgehead atoms. The normalized spacial score (nSPS) is 14.8. The predicted octanol–water partition coefficient (Wildman–Crippen LogP) is 3.80. The minimum Gasteiger partial charge on any atom is -0.481 e. The van der Waals surface area contributed by atoms with Crippen LogP contribution in [0.3, 0.4) is 0 Å². The highest BCUT2D eigenvalue weighted by atomic mass is 16.4. The van der Waals surface area contributed by atoms with Crippen LogP contribution in [0.5, 0.6) is 0 Å². The quantitative estimate of drug-likeness (QED) is 0.936. The Bertz CT molecular complexity index is 710. The van der Waals surface area contributed by atoms with Gasteiger partial charge in [-0.05, 0) is 49.6 Å². The fraction of sp³-hybridized carbons (Fsp3) is 0.316. The number of hydrogen-bond acceptors (Lipinski definition) is 2. The lowest BCUT2D eigenvalue weighted by atomic mass is 9.95. The van der Waals surface area contributed by atoms with Crippen molar-refractivity contribution in [3.63, 3.8) is 0 Å². The third kappa shape index (κ3) is 2.84. The molecule has 2 aromatic rings. The Labute approximate surface area is 131 Å². The lowest BCUT2D eigenvalue weighted by Crippen LogP contribution is -2.50. The first-order valence-corrected chi connectivity index (χ1v) is 7.60. The topological polar surface area (TPSA) is 40.5 Å². The number of benzene rings is 2. The van der Waals surface area contributed by atoms with Crippen LogP contribution in [0.25, 0.3) is 11.1 Å². The summed E-state index contributed by atoms with van der Waals surface area (Å²) in [6, 6.07) is 13.0. The summed E-state index contributed by atoms with van der Waals surface area (Å²) in [6.45, 7) is 7.51. The lowest BCUT2D eigenvalue weighted by molar-refractivity contribution is -0.142. The number of aryl methyl sites for hydroxylation is 3. The second kappa shape index (κ2) is 5.48. The number of carbonyl (C=O) groups is 1. The van der Waals surface area contributed by atoms with Crippen molar-refractivity contribution in [2.75, 3.05) is 18.0 Å². The van der Waals surface area contributed by atoms with E-state index in [4.69, 9.17) is 5.11 Å². The molecular formula is C19H21NO2. The Morgan fingerprint density at radius 2 is 1.41 bits per heavy atom. The molecule has 3 rings (SSSR count). The summed E-state index contributed by atoms with van der Waals surface area (Å²) in [6.07, 6.45) is 0. The summed E-state index contributed by atoms with van der Waals surface area (Å²) in [5.41, 5.74) is 7.25. The van der Waals surface area contributed by atoms with Crippen LogP contribution in [-0.4, -0.2) is 24.2 Å². The highest BCUT2D eigenvalue weighted by Crippen LogP contribution is 2.31. The maximum Gasteiger partial charge on any atom is 0.310 e. The first-order chi connectivity index (χ1) is 10.4. The van der Waals surface area contributed by atoms with Crippen LogP contribution in [0.15, 0.2) is 36.4 Å². The molecule has 0 spiro atoms. The third-order valence-electron chi connectivity index (χ3n) is 4.21. The minimum absolute atomic E-state index is 0.231. The van der Waals surface area contributed by atoms with Gasteiger partial charge in [0.15, 0.2) is 0 Å². The summed E-state index contributed by atoms with van der Waals surface area (Å²) in [5, 5.41) is 9.02. The third-order valence-corrected chi connectivity index (χ3v) is 4.21. The van der Waals surface area contributed by atoms with Crippen LogP contribution in [0.4, 0.5) is 5.69 Å². The molecule has 114 valence electrons. The zero-order valence-corrected chi connectivity index (χ0v) is 13.3. The molecule has 0 radical (unpaired) electrons. The van der Waals surface area contributed by atoms with E-state index in [2.05, 4.69) is 62.1 Å². The standard InChI is InChI=1S/C19H21NO2/c1-12-4-13(2)6-15(5-12)16-7-14(3)8-18(9-16)20-10-17(11-20)19(21)22/h4-9,17H,10-11H2,1-3H3,(H,21,22). The Kier molecular flexibility index (Phi) is 3.65. The van der Waals surface area contributed by atoms with E-state index in [1.807, 2.05) is 0 Å². The molecule has 0 saturated carbocycles. The van der Waals surface area contributed by atoms with Gasteiger partial charge in [-0.1, -0.05) is 35.4 Å². The minimum atomic E-state index is -0.696. The van der Waals surface area contributed by atoms with Crippen LogP contribution in [-0.2, 0) is 4.79 Å². The van der Waals surface area contributed by atoms with Crippen molar-refractivity contribution >= 4 is 11.7 Å². The molecule has 0 amide bonds. The van der Waals surface area contributed by atoms with Crippen LogP contribution in [0, 0.1) is 26.7 Å². The van der Waals surface area contributed by atoms with Crippen molar-refractivity contribution in [1.82, 2.24) is 0 Å². The summed E-state index contributed by atoms with van der Waals surface area (Å²) in [7, 11) is 0. The Morgan fingerprint density at radius 3 is 1.95 bits per heavy atom. The van der Waals surface area contributed by atoms with E-state index in [0.29, 0.717) is 13.1 Å². The molecule has 22 heavy (non-hydrogen) atoms. The van der Waals surface area contributed by atoms with Crippen molar-refractivity contribution in [2.24, 2.45) is 5.92 Å². The summed E-state index contributed by atoms with van der Waals surface area (Å²) < 4.78 is 0. The van der Waals surface area contributed by atoms with Gasteiger partial charge in [0, 0.05) is 18.8 Å². The molecular weight excluding hydrogens is 274 g/mol. The molecule has 1 aliphatic heterocycles. The average Bonchev–Trinajstić information content (AvgIpc) is 2.34. The van der Waals surface area contributed by atoms with Crippen LogP contribution >= 0.6 is 0 Å². The molecule has 1 fully saturated rings. The van der Waals surface area contributed by atoms with Crippen LogP contribution in [0.1, 0.15) is 16.7 Å². The van der Waals surface area contributed by atoms with Crippen molar-refractivity contribution in [3.05, 3.63) is 53.1 Å². The Morgan fingerprint density at radius 1 is 0.909 bits per heavy atom. The number of hydrogen-bond donors (Lipinski definition) is 1. The lowest BCUT2D eigenvalue weighted by Gasteiger charge is -2.39. The first-order valence-electron chi connectivity index (χ1n) is 7.60. The van der Waals surface area contributed by atoms with Crippen molar-refractivity contribution < 1.29 is 9.90 Å². The summed E-state index contributed by atoms with van der Waals surface area (Å²) in [5.74, 6) is -0.927. The van der Waals surface area contributed by atoms with E-state index in [1.165, 1.54) is 27.8 Å². The number of rotatable bonds is 3. The average molecular weight is 295 g/mol. The highest BCUT2D eigenvalue weighted by molar-refractivity contribution is 5.76. The summed E-state index contributed by atoms with van der Waals surface area (Å²) in [4.78, 5) is 13.1. The molecule has 0 aliphatic carbocycles. The molecule has 3 nitrogen and oxygen atoms in total.